The molecule has 0 aliphatic heterocycles. The van der Waals surface area contributed by atoms with E-state index in [1.54, 1.807) is 5.56 Å². The van der Waals surface area contributed by atoms with Gasteiger partial charge in [-0.2, -0.15) is 0 Å². The molecule has 6 atom stereocenters. The second-order valence-electron chi connectivity index (χ2n) is 15.2. The number of pyridine rings is 1. The van der Waals surface area contributed by atoms with Gasteiger partial charge in [0.2, 0.25) is 0 Å². The molecule has 3 aromatic heterocycles. The summed E-state index contributed by atoms with van der Waals surface area (Å²) in [4.78, 5) is 20.3. The first kappa shape index (κ1) is 26.2. The normalized spacial score (nSPS) is 28.6. The number of rotatable bonds is 3. The minimum absolute atomic E-state index is 0.111. The Morgan fingerprint density at radius 3 is 2.35 bits per heavy atom. The number of hydrogen-bond acceptors (Lipinski definition) is 5. The van der Waals surface area contributed by atoms with E-state index < -0.39 is 0 Å². The fourth-order valence-electron chi connectivity index (χ4n) is 11.8. The largest absolute Gasteiger partial charge is 0.264 e. The number of benzene rings is 4. The summed E-state index contributed by atoms with van der Waals surface area (Å²) in [6, 6.07) is 34.9. The third-order valence-corrected chi connectivity index (χ3v) is 14.6. The smallest absolute Gasteiger partial charge is 0.165 e. The molecule has 48 heavy (non-hydrogen) atoms. The SMILES string of the molecule is c1ccc(-c2nc(-c3ccc4c(c3)-c3ccncc3C43C4CC5CC6CC3C6(C5)C4)nc(-c3cccc4c3sc3ccccc34)n2)cc1. The number of fused-ring (bicyclic) bond motifs is 12. The summed E-state index contributed by atoms with van der Waals surface area (Å²) in [6.07, 6.45) is 11.3. The van der Waals surface area contributed by atoms with E-state index in [0.717, 1.165) is 52.0 Å². The van der Waals surface area contributed by atoms with Crippen LogP contribution in [0.4, 0.5) is 0 Å². The third-order valence-electron chi connectivity index (χ3n) is 13.3. The molecule has 4 saturated carbocycles. The maximum absolute atomic E-state index is 5.27. The first-order valence-corrected chi connectivity index (χ1v) is 18.3. The molecule has 0 N–H and O–H groups in total. The van der Waals surface area contributed by atoms with E-state index in [1.807, 2.05) is 23.6 Å². The highest BCUT2D eigenvalue weighted by molar-refractivity contribution is 7.26. The van der Waals surface area contributed by atoms with Crippen molar-refractivity contribution >= 4 is 31.5 Å². The van der Waals surface area contributed by atoms with Crippen molar-refractivity contribution in [3.05, 3.63) is 121 Å². The highest BCUT2D eigenvalue weighted by atomic mass is 32.1. The van der Waals surface area contributed by atoms with Crippen LogP contribution in [-0.2, 0) is 5.41 Å². The van der Waals surface area contributed by atoms with E-state index in [9.17, 15) is 0 Å². The van der Waals surface area contributed by atoms with Gasteiger partial charge < -0.3 is 0 Å². The Morgan fingerprint density at radius 2 is 1.42 bits per heavy atom. The molecule has 4 aromatic carbocycles. The second-order valence-corrected chi connectivity index (χ2v) is 16.2. The number of nitrogens with zero attached hydrogens (tertiary/aromatic N) is 4. The van der Waals surface area contributed by atoms with Crippen LogP contribution in [0.5, 0.6) is 0 Å². The van der Waals surface area contributed by atoms with Gasteiger partial charge in [0.15, 0.2) is 17.5 Å². The first-order valence-electron chi connectivity index (χ1n) is 17.5. The van der Waals surface area contributed by atoms with Gasteiger partial charge in [-0.1, -0.05) is 72.8 Å². The van der Waals surface area contributed by atoms with Crippen molar-refractivity contribution < 1.29 is 0 Å². The summed E-state index contributed by atoms with van der Waals surface area (Å²) in [5.74, 6) is 5.49. The molecular weight excluding hydrogens is 605 g/mol. The molecule has 3 bridgehead atoms. The molecule has 3 heterocycles. The summed E-state index contributed by atoms with van der Waals surface area (Å²) < 4.78 is 2.49. The maximum atomic E-state index is 5.27. The highest BCUT2D eigenvalue weighted by Crippen LogP contribution is 2.83. The van der Waals surface area contributed by atoms with Crippen molar-refractivity contribution in [3.8, 4) is 45.3 Å². The lowest BCUT2D eigenvalue weighted by Gasteiger charge is -2.54. The van der Waals surface area contributed by atoms with Crippen LogP contribution in [0.25, 0.3) is 65.5 Å². The predicted octanol–water partition coefficient (Wildman–Crippen LogP) is 10.4. The molecule has 230 valence electrons. The minimum Gasteiger partial charge on any atom is -0.264 e. The lowest BCUT2D eigenvalue weighted by molar-refractivity contribution is -0.0194. The van der Waals surface area contributed by atoms with Crippen molar-refractivity contribution in [1.82, 2.24) is 19.9 Å². The molecular formula is C43H32N4S. The van der Waals surface area contributed by atoms with Crippen LogP contribution >= 0.6 is 11.3 Å². The average molecular weight is 637 g/mol. The summed E-state index contributed by atoms with van der Waals surface area (Å²) >= 11 is 1.82. The predicted molar refractivity (Wildman–Crippen MR) is 193 cm³/mol. The summed E-state index contributed by atoms with van der Waals surface area (Å²) in [6.45, 7) is 0. The zero-order valence-electron chi connectivity index (χ0n) is 26.4. The van der Waals surface area contributed by atoms with Gasteiger partial charge in [0.1, 0.15) is 0 Å². The first-order chi connectivity index (χ1) is 23.7. The Kier molecular flexibility index (Phi) is 4.94. The second kappa shape index (κ2) is 9.03. The summed E-state index contributed by atoms with van der Waals surface area (Å²) in [5, 5.41) is 2.53. The van der Waals surface area contributed by atoms with Crippen LogP contribution in [0.2, 0.25) is 0 Å². The topological polar surface area (TPSA) is 51.6 Å². The fourth-order valence-corrected chi connectivity index (χ4v) is 13.0. The molecule has 2 spiro atoms. The number of aromatic nitrogens is 4. The highest BCUT2D eigenvalue weighted by Gasteiger charge is 2.76. The molecule has 7 aromatic rings. The zero-order chi connectivity index (χ0) is 31.2. The standard InChI is InChI=1S/C43H32N4S/c1-2-7-25(8-3-1)39-45-40(47-41(46-39)32-11-6-10-31-30-9-4-5-12-36(30)48-38(31)32)26-13-14-34-33(19-26)29-15-16-44-23-35(29)43(34)28-18-24-17-27-20-37(43)42(27,21-24)22-28/h1-16,19,23-24,27-28,37H,17-18,20-22H2. The van der Waals surface area contributed by atoms with Crippen LogP contribution in [0.3, 0.4) is 0 Å². The maximum Gasteiger partial charge on any atom is 0.165 e. The van der Waals surface area contributed by atoms with E-state index >= 15 is 0 Å². The van der Waals surface area contributed by atoms with Gasteiger partial charge in [-0.15, -0.1) is 11.3 Å². The molecule has 0 saturated heterocycles. The van der Waals surface area contributed by atoms with Crippen LogP contribution in [0, 0.1) is 29.1 Å². The molecule has 5 aliphatic rings. The summed E-state index contributed by atoms with van der Waals surface area (Å²) in [7, 11) is 0. The minimum atomic E-state index is 0.111. The number of thiophene rings is 1. The van der Waals surface area contributed by atoms with E-state index in [4.69, 9.17) is 19.9 Å². The van der Waals surface area contributed by atoms with Gasteiger partial charge in [-0.3, -0.25) is 4.98 Å². The molecule has 0 radical (unpaired) electrons. The van der Waals surface area contributed by atoms with Crippen molar-refractivity contribution in [1.29, 1.82) is 0 Å². The molecule has 0 amide bonds. The van der Waals surface area contributed by atoms with Gasteiger partial charge in [0.25, 0.3) is 0 Å². The average Bonchev–Trinajstić information content (AvgIpc) is 3.77. The molecule has 4 nitrogen and oxygen atoms in total. The van der Waals surface area contributed by atoms with Gasteiger partial charge >= 0.3 is 0 Å². The zero-order valence-corrected chi connectivity index (χ0v) is 27.3. The van der Waals surface area contributed by atoms with E-state index in [1.165, 1.54) is 69.0 Å². The molecule has 6 unspecified atom stereocenters. The fraction of sp³-hybridized carbons (Fsp3) is 0.256. The van der Waals surface area contributed by atoms with E-state index in [2.05, 4.69) is 97.2 Å². The van der Waals surface area contributed by atoms with Crippen molar-refractivity contribution in [3.63, 3.8) is 0 Å². The van der Waals surface area contributed by atoms with Crippen molar-refractivity contribution in [2.24, 2.45) is 29.1 Å². The van der Waals surface area contributed by atoms with Crippen LogP contribution < -0.4 is 0 Å². The Morgan fingerprint density at radius 1 is 0.604 bits per heavy atom. The van der Waals surface area contributed by atoms with Crippen LogP contribution in [0.15, 0.2) is 109 Å². The molecule has 5 aliphatic carbocycles. The summed E-state index contributed by atoms with van der Waals surface area (Å²) in [5.41, 5.74) is 9.55. The van der Waals surface area contributed by atoms with Gasteiger partial charge in [-0.25, -0.2) is 15.0 Å². The Labute approximate surface area is 283 Å². The van der Waals surface area contributed by atoms with Gasteiger partial charge in [0, 0.05) is 54.7 Å². The third kappa shape index (κ3) is 3.13. The quantitative estimate of drug-likeness (QED) is 0.194. The van der Waals surface area contributed by atoms with Crippen LogP contribution in [-0.4, -0.2) is 19.9 Å². The number of hydrogen-bond donors (Lipinski definition) is 0. The van der Waals surface area contributed by atoms with E-state index in [-0.39, 0.29) is 5.41 Å². The lowest BCUT2D eigenvalue weighted by Crippen LogP contribution is -2.50. The van der Waals surface area contributed by atoms with E-state index in [0.29, 0.717) is 11.2 Å². The molecule has 5 heteroatoms. The Bertz CT molecular complexity index is 2500. The molecule has 12 rings (SSSR count). The Hall–Kier alpha value is -4.74. The van der Waals surface area contributed by atoms with Crippen molar-refractivity contribution in [2.75, 3.05) is 0 Å². The monoisotopic (exact) mass is 636 g/mol. The Balaban J connectivity index is 1.07. The van der Waals surface area contributed by atoms with Crippen molar-refractivity contribution in [2.45, 2.75) is 37.5 Å². The van der Waals surface area contributed by atoms with Gasteiger partial charge in [-0.05, 0) is 108 Å². The van der Waals surface area contributed by atoms with Gasteiger partial charge in [0.05, 0.1) is 0 Å². The lowest BCUT2D eigenvalue weighted by atomic mass is 9.49. The van der Waals surface area contributed by atoms with Crippen LogP contribution in [0.1, 0.15) is 43.2 Å². The molecule has 4 fully saturated rings.